The quantitative estimate of drug-likeness (QED) is 0.186. The molecular weight excluding hydrogens is 599 g/mol. The van der Waals surface area contributed by atoms with E-state index >= 15 is 0 Å². The number of carbonyl (C=O) groups is 2. The summed E-state index contributed by atoms with van der Waals surface area (Å²) in [7, 11) is 0. The molecule has 226 valence electrons. The Kier molecular flexibility index (Phi) is 9.12. The van der Waals surface area contributed by atoms with Crippen LogP contribution < -0.4 is 20.9 Å². The van der Waals surface area contributed by atoms with Gasteiger partial charge in [-0.25, -0.2) is 4.68 Å². The van der Waals surface area contributed by atoms with Crippen molar-refractivity contribution in [3.8, 4) is 0 Å². The third-order valence-corrected chi connectivity index (χ3v) is 8.65. The highest BCUT2D eigenvalue weighted by atomic mass is 32.1. The van der Waals surface area contributed by atoms with E-state index in [4.69, 9.17) is 0 Å². The summed E-state index contributed by atoms with van der Waals surface area (Å²) in [6.45, 7) is 4.19. The first-order valence-electron chi connectivity index (χ1n) is 14.2. The maximum atomic E-state index is 12.6. The molecule has 0 unspecified atom stereocenters. The number of amides is 2. The molecule has 1 fully saturated rings. The smallest absolute Gasteiger partial charge is 0.230 e. The molecule has 3 aromatic heterocycles. The molecule has 2 amide bonds. The summed E-state index contributed by atoms with van der Waals surface area (Å²) >= 11 is 2.65. The lowest BCUT2D eigenvalue weighted by molar-refractivity contribution is -0.116. The lowest BCUT2D eigenvalue weighted by atomic mass is 10.1. The van der Waals surface area contributed by atoms with Crippen LogP contribution in [-0.2, 0) is 29.0 Å². The fourth-order valence-electron chi connectivity index (χ4n) is 4.73. The van der Waals surface area contributed by atoms with Crippen molar-refractivity contribution in [2.24, 2.45) is 0 Å². The Morgan fingerprint density at radius 2 is 1.61 bits per heavy atom. The molecule has 15 heteroatoms. The number of aryl methyl sites for hydroxylation is 2. The first kappa shape index (κ1) is 29.3. The SMILES string of the molecule is Cc1ccc(Cn2cc(CCC(=O)Nc3nnc(N4CC[C@@H](Nc5nnc(NC(=O)Cc6ccccc6)s5)C4)s3)nn2)cc1. The van der Waals surface area contributed by atoms with Gasteiger partial charge in [-0.2, -0.15) is 0 Å². The molecule has 1 aliphatic heterocycles. The number of aromatic nitrogens is 7. The van der Waals surface area contributed by atoms with Crippen LogP contribution in [0.15, 0.2) is 60.8 Å². The minimum Gasteiger partial charge on any atom is -0.355 e. The topological polar surface area (TPSA) is 156 Å². The van der Waals surface area contributed by atoms with Gasteiger partial charge in [0.1, 0.15) is 0 Å². The van der Waals surface area contributed by atoms with Crippen LogP contribution in [0.5, 0.6) is 0 Å². The van der Waals surface area contributed by atoms with Gasteiger partial charge in [-0.3, -0.25) is 9.59 Å². The van der Waals surface area contributed by atoms with Gasteiger partial charge in [-0.1, -0.05) is 88.0 Å². The van der Waals surface area contributed by atoms with E-state index in [-0.39, 0.29) is 30.7 Å². The molecule has 3 N–H and O–H groups in total. The van der Waals surface area contributed by atoms with E-state index in [1.165, 1.54) is 28.2 Å². The van der Waals surface area contributed by atoms with Crippen LogP contribution in [-0.4, -0.2) is 66.3 Å². The molecular formula is C29H31N11O2S2. The number of hydrogen-bond donors (Lipinski definition) is 3. The summed E-state index contributed by atoms with van der Waals surface area (Å²) in [4.78, 5) is 27.0. The van der Waals surface area contributed by atoms with Crippen molar-refractivity contribution >= 4 is 55.0 Å². The number of nitrogens with one attached hydrogen (secondary N) is 3. The normalized spacial score (nSPS) is 14.5. The van der Waals surface area contributed by atoms with Crippen LogP contribution in [0, 0.1) is 6.92 Å². The van der Waals surface area contributed by atoms with Crippen molar-refractivity contribution in [1.29, 1.82) is 0 Å². The van der Waals surface area contributed by atoms with Gasteiger partial charge in [0.05, 0.1) is 18.7 Å². The van der Waals surface area contributed by atoms with Crippen molar-refractivity contribution in [2.45, 2.75) is 45.2 Å². The molecule has 5 aromatic rings. The third kappa shape index (κ3) is 7.99. The number of hydrogen-bond acceptors (Lipinski definition) is 12. The standard InChI is InChI=1S/C29H31N11O2S2/c1-19-7-9-21(10-8-19)16-40-18-23(33-38-40)11-12-24(41)31-28-36-37-29(44-28)39-14-13-22(17-39)30-26-34-35-27(43-26)32-25(42)15-20-5-3-2-4-6-20/h2-10,18,22H,11-17H2,1H3,(H,30,34)(H,31,36,41)(H,32,35,42)/t22-/m1/s1. The first-order chi connectivity index (χ1) is 21.4. The van der Waals surface area contributed by atoms with Crippen LogP contribution >= 0.6 is 22.7 Å². The number of nitrogens with zero attached hydrogens (tertiary/aromatic N) is 8. The average Bonchev–Trinajstić information content (AvgIpc) is 3.83. The van der Waals surface area contributed by atoms with E-state index in [0.717, 1.165) is 34.9 Å². The Bertz CT molecular complexity index is 1700. The van der Waals surface area contributed by atoms with Crippen LogP contribution in [0.3, 0.4) is 0 Å². The molecule has 0 aliphatic carbocycles. The molecule has 4 heterocycles. The second-order valence-corrected chi connectivity index (χ2v) is 12.5. The van der Waals surface area contributed by atoms with Crippen LogP contribution in [0.2, 0.25) is 0 Å². The molecule has 13 nitrogen and oxygen atoms in total. The van der Waals surface area contributed by atoms with Crippen LogP contribution in [0.25, 0.3) is 0 Å². The minimum absolute atomic E-state index is 0.133. The number of anilines is 4. The van der Waals surface area contributed by atoms with Gasteiger partial charge in [0.15, 0.2) is 0 Å². The van der Waals surface area contributed by atoms with Gasteiger partial charge in [-0.15, -0.1) is 25.5 Å². The predicted molar refractivity (Wildman–Crippen MR) is 170 cm³/mol. The van der Waals surface area contributed by atoms with E-state index < -0.39 is 0 Å². The fraction of sp³-hybridized carbons (Fsp3) is 0.310. The van der Waals surface area contributed by atoms with E-state index in [1.807, 2.05) is 36.5 Å². The van der Waals surface area contributed by atoms with E-state index in [1.54, 1.807) is 4.68 Å². The van der Waals surface area contributed by atoms with Gasteiger partial charge >= 0.3 is 0 Å². The molecule has 0 radical (unpaired) electrons. The van der Waals surface area contributed by atoms with Gasteiger partial charge in [-0.05, 0) is 24.5 Å². The van der Waals surface area contributed by atoms with Crippen molar-refractivity contribution < 1.29 is 9.59 Å². The molecule has 0 spiro atoms. The van der Waals surface area contributed by atoms with E-state index in [2.05, 4.69) is 82.7 Å². The highest BCUT2D eigenvalue weighted by Gasteiger charge is 2.26. The monoisotopic (exact) mass is 629 g/mol. The van der Waals surface area contributed by atoms with Crippen molar-refractivity contribution in [3.05, 3.63) is 83.2 Å². The zero-order valence-electron chi connectivity index (χ0n) is 24.0. The first-order valence-corrected chi connectivity index (χ1v) is 15.8. The third-order valence-electron chi connectivity index (χ3n) is 6.99. The van der Waals surface area contributed by atoms with Crippen LogP contribution in [0.1, 0.15) is 35.2 Å². The molecule has 44 heavy (non-hydrogen) atoms. The summed E-state index contributed by atoms with van der Waals surface area (Å²) in [5.74, 6) is -0.281. The number of benzene rings is 2. The molecule has 1 saturated heterocycles. The summed E-state index contributed by atoms with van der Waals surface area (Å²) in [5.41, 5.74) is 4.06. The molecule has 0 bridgehead atoms. The van der Waals surface area contributed by atoms with Crippen LogP contribution in [0.4, 0.5) is 20.5 Å². The van der Waals surface area contributed by atoms with Crippen molar-refractivity contribution in [2.75, 3.05) is 33.9 Å². The number of carbonyl (C=O) groups excluding carboxylic acids is 2. The zero-order chi connectivity index (χ0) is 30.3. The fourth-order valence-corrected chi connectivity index (χ4v) is 6.26. The molecule has 6 rings (SSSR count). The number of rotatable bonds is 12. The Hall–Kier alpha value is -4.76. The van der Waals surface area contributed by atoms with Gasteiger partial charge in [0, 0.05) is 38.2 Å². The lowest BCUT2D eigenvalue weighted by Gasteiger charge is -2.14. The highest BCUT2D eigenvalue weighted by molar-refractivity contribution is 7.19. The zero-order valence-corrected chi connectivity index (χ0v) is 25.6. The second kappa shape index (κ2) is 13.7. The molecule has 1 aliphatic rings. The average molecular weight is 630 g/mol. The maximum Gasteiger partial charge on any atom is 0.230 e. The van der Waals surface area contributed by atoms with Gasteiger partial charge in [0.25, 0.3) is 0 Å². The Balaban J connectivity index is 0.925. The predicted octanol–water partition coefficient (Wildman–Crippen LogP) is 3.78. The molecule has 0 saturated carbocycles. The van der Waals surface area contributed by atoms with Crippen molar-refractivity contribution in [3.63, 3.8) is 0 Å². The van der Waals surface area contributed by atoms with E-state index in [0.29, 0.717) is 34.9 Å². The van der Waals surface area contributed by atoms with Crippen molar-refractivity contribution in [1.82, 2.24) is 35.4 Å². The maximum absolute atomic E-state index is 12.6. The molecule has 2 aromatic carbocycles. The van der Waals surface area contributed by atoms with Gasteiger partial charge < -0.3 is 20.9 Å². The summed E-state index contributed by atoms with van der Waals surface area (Å²) < 4.78 is 1.78. The Morgan fingerprint density at radius 3 is 2.45 bits per heavy atom. The Labute approximate surface area is 261 Å². The summed E-state index contributed by atoms with van der Waals surface area (Å²) in [5, 5.41) is 36.5. The summed E-state index contributed by atoms with van der Waals surface area (Å²) in [6.07, 6.45) is 3.78. The second-order valence-electron chi connectivity index (χ2n) is 10.5. The van der Waals surface area contributed by atoms with Gasteiger partial charge in [0.2, 0.25) is 32.3 Å². The van der Waals surface area contributed by atoms with E-state index in [9.17, 15) is 9.59 Å². The summed E-state index contributed by atoms with van der Waals surface area (Å²) in [6, 6.07) is 18.0. The Morgan fingerprint density at radius 1 is 0.864 bits per heavy atom. The molecule has 1 atom stereocenters. The largest absolute Gasteiger partial charge is 0.355 e. The lowest BCUT2D eigenvalue weighted by Crippen LogP contribution is -2.25. The highest BCUT2D eigenvalue weighted by Crippen LogP contribution is 2.29. The minimum atomic E-state index is -0.148.